The van der Waals surface area contributed by atoms with E-state index < -0.39 is 17.6 Å². The fraction of sp³-hybridized carbons (Fsp3) is 0.214. The van der Waals surface area contributed by atoms with E-state index in [4.69, 9.17) is 10.00 Å². The Morgan fingerprint density at radius 2 is 1.95 bits per heavy atom. The molecule has 5 nitrogen and oxygen atoms in total. The van der Waals surface area contributed by atoms with Crippen molar-refractivity contribution in [3.05, 3.63) is 41.6 Å². The van der Waals surface area contributed by atoms with Crippen LogP contribution in [-0.2, 0) is 6.18 Å². The molecule has 0 bridgehead atoms. The number of halogens is 3. The molecular weight excluding hydrogens is 297 g/mol. The van der Waals surface area contributed by atoms with Crippen LogP contribution >= 0.6 is 0 Å². The number of aromatic nitrogens is 2. The van der Waals surface area contributed by atoms with Crippen LogP contribution in [0.4, 0.5) is 24.8 Å². The SMILES string of the molecule is CCOc1nc(Nc2ccc(C#N)cc2)ncc1C(F)(F)F. The van der Waals surface area contributed by atoms with Crippen LogP contribution in [0.15, 0.2) is 30.5 Å². The third-order valence-electron chi connectivity index (χ3n) is 2.61. The number of nitriles is 1. The van der Waals surface area contributed by atoms with Gasteiger partial charge in [0.1, 0.15) is 5.56 Å². The molecule has 0 aliphatic rings. The summed E-state index contributed by atoms with van der Waals surface area (Å²) in [6.45, 7) is 1.62. The summed E-state index contributed by atoms with van der Waals surface area (Å²) < 4.78 is 43.3. The van der Waals surface area contributed by atoms with E-state index in [0.29, 0.717) is 17.4 Å². The summed E-state index contributed by atoms with van der Waals surface area (Å²) in [5.74, 6) is -0.553. The van der Waals surface area contributed by atoms with Gasteiger partial charge in [-0.15, -0.1) is 0 Å². The number of benzene rings is 1. The van der Waals surface area contributed by atoms with E-state index in [-0.39, 0.29) is 12.6 Å². The first kappa shape index (κ1) is 15.6. The Kier molecular flexibility index (Phi) is 4.46. The average Bonchev–Trinajstić information content (AvgIpc) is 2.47. The number of rotatable bonds is 4. The molecule has 0 saturated carbocycles. The molecule has 8 heteroatoms. The first-order chi connectivity index (χ1) is 10.4. The molecule has 1 N–H and O–H groups in total. The summed E-state index contributed by atoms with van der Waals surface area (Å²) in [5, 5.41) is 11.5. The molecule has 0 unspecified atom stereocenters. The van der Waals surface area contributed by atoms with Gasteiger partial charge in [0, 0.05) is 11.9 Å². The van der Waals surface area contributed by atoms with Crippen molar-refractivity contribution in [2.24, 2.45) is 0 Å². The van der Waals surface area contributed by atoms with Gasteiger partial charge in [0.2, 0.25) is 11.8 Å². The lowest BCUT2D eigenvalue weighted by Crippen LogP contribution is -2.12. The molecule has 1 aromatic carbocycles. The summed E-state index contributed by atoms with van der Waals surface area (Å²) >= 11 is 0. The van der Waals surface area contributed by atoms with Crippen LogP contribution in [0.1, 0.15) is 18.1 Å². The highest BCUT2D eigenvalue weighted by Crippen LogP contribution is 2.35. The van der Waals surface area contributed by atoms with Gasteiger partial charge in [-0.2, -0.15) is 23.4 Å². The largest absolute Gasteiger partial charge is 0.477 e. The summed E-state index contributed by atoms with van der Waals surface area (Å²) in [6, 6.07) is 8.29. The summed E-state index contributed by atoms with van der Waals surface area (Å²) in [7, 11) is 0. The standard InChI is InChI=1S/C14H11F3N4O/c1-2-22-12-11(14(15,16)17)8-19-13(21-12)20-10-5-3-9(7-18)4-6-10/h3-6,8H,2H2,1H3,(H,19,20,21). The summed E-state index contributed by atoms with van der Waals surface area (Å²) in [6.07, 6.45) is -3.92. The van der Waals surface area contributed by atoms with Crippen molar-refractivity contribution >= 4 is 11.6 Å². The van der Waals surface area contributed by atoms with Crippen molar-refractivity contribution in [2.75, 3.05) is 11.9 Å². The number of ether oxygens (including phenoxy) is 1. The van der Waals surface area contributed by atoms with Gasteiger partial charge < -0.3 is 10.1 Å². The second-order valence-corrected chi connectivity index (χ2v) is 4.16. The Balaban J connectivity index is 2.28. The predicted molar refractivity (Wildman–Crippen MR) is 72.6 cm³/mol. The Morgan fingerprint density at radius 3 is 2.50 bits per heavy atom. The van der Waals surface area contributed by atoms with Gasteiger partial charge >= 0.3 is 6.18 Å². The lowest BCUT2D eigenvalue weighted by Gasteiger charge is -2.13. The van der Waals surface area contributed by atoms with Crippen LogP contribution < -0.4 is 10.1 Å². The molecule has 1 aromatic heterocycles. The second-order valence-electron chi connectivity index (χ2n) is 4.16. The van der Waals surface area contributed by atoms with Crippen LogP contribution in [0.25, 0.3) is 0 Å². The molecule has 0 saturated heterocycles. The fourth-order valence-corrected chi connectivity index (χ4v) is 1.62. The normalized spacial score (nSPS) is 10.9. The average molecular weight is 308 g/mol. The van der Waals surface area contributed by atoms with E-state index in [0.717, 1.165) is 0 Å². The molecule has 0 spiro atoms. The van der Waals surface area contributed by atoms with Gasteiger partial charge in [-0.25, -0.2) is 4.98 Å². The summed E-state index contributed by atoms with van der Waals surface area (Å²) in [5.41, 5.74) is -0.0187. The molecular formula is C14H11F3N4O. The highest BCUT2D eigenvalue weighted by molar-refractivity contribution is 5.55. The van der Waals surface area contributed by atoms with E-state index in [2.05, 4.69) is 15.3 Å². The van der Waals surface area contributed by atoms with Gasteiger partial charge in [-0.3, -0.25) is 0 Å². The first-order valence-corrected chi connectivity index (χ1v) is 6.28. The molecule has 0 aliphatic carbocycles. The zero-order chi connectivity index (χ0) is 16.2. The molecule has 22 heavy (non-hydrogen) atoms. The minimum atomic E-state index is -4.59. The van der Waals surface area contributed by atoms with E-state index in [9.17, 15) is 13.2 Å². The van der Waals surface area contributed by atoms with Crippen molar-refractivity contribution < 1.29 is 17.9 Å². The number of anilines is 2. The van der Waals surface area contributed by atoms with Crippen LogP contribution in [0.5, 0.6) is 5.88 Å². The Bertz CT molecular complexity index is 693. The molecule has 0 radical (unpaired) electrons. The minimum Gasteiger partial charge on any atom is -0.477 e. The van der Waals surface area contributed by atoms with E-state index >= 15 is 0 Å². The van der Waals surface area contributed by atoms with Crippen LogP contribution in [0, 0.1) is 11.3 Å². The quantitative estimate of drug-likeness (QED) is 0.936. The molecule has 0 atom stereocenters. The van der Waals surface area contributed by atoms with Crippen LogP contribution in [0.3, 0.4) is 0 Å². The maximum absolute atomic E-state index is 12.8. The monoisotopic (exact) mass is 308 g/mol. The molecule has 0 amide bonds. The summed E-state index contributed by atoms with van der Waals surface area (Å²) in [4.78, 5) is 7.38. The Labute approximate surface area is 124 Å². The van der Waals surface area contributed by atoms with Gasteiger partial charge in [0.15, 0.2) is 0 Å². The van der Waals surface area contributed by atoms with Crippen molar-refractivity contribution in [2.45, 2.75) is 13.1 Å². The van der Waals surface area contributed by atoms with Gasteiger partial charge in [-0.05, 0) is 31.2 Å². The first-order valence-electron chi connectivity index (χ1n) is 6.28. The number of hydrogen-bond acceptors (Lipinski definition) is 5. The highest BCUT2D eigenvalue weighted by Gasteiger charge is 2.36. The Hall–Kier alpha value is -2.82. The zero-order valence-corrected chi connectivity index (χ0v) is 11.5. The lowest BCUT2D eigenvalue weighted by atomic mass is 10.2. The molecule has 2 rings (SSSR count). The van der Waals surface area contributed by atoms with Crippen LogP contribution in [0.2, 0.25) is 0 Å². The predicted octanol–water partition coefficient (Wildman–Crippen LogP) is 3.51. The van der Waals surface area contributed by atoms with Gasteiger partial charge in [0.25, 0.3) is 0 Å². The molecule has 1 heterocycles. The van der Waals surface area contributed by atoms with E-state index in [1.165, 1.54) is 0 Å². The number of hydrogen-bond donors (Lipinski definition) is 1. The zero-order valence-electron chi connectivity index (χ0n) is 11.5. The topological polar surface area (TPSA) is 70.8 Å². The van der Waals surface area contributed by atoms with Crippen LogP contribution in [-0.4, -0.2) is 16.6 Å². The van der Waals surface area contributed by atoms with Gasteiger partial charge in [-0.1, -0.05) is 0 Å². The maximum atomic E-state index is 12.8. The number of alkyl halides is 3. The van der Waals surface area contributed by atoms with Crippen molar-refractivity contribution in [1.82, 2.24) is 9.97 Å². The van der Waals surface area contributed by atoms with E-state index in [1.54, 1.807) is 31.2 Å². The third kappa shape index (κ3) is 3.63. The minimum absolute atomic E-state index is 0.0267. The number of nitrogens with one attached hydrogen (secondary N) is 1. The second kappa shape index (κ2) is 6.30. The fourth-order valence-electron chi connectivity index (χ4n) is 1.62. The molecule has 2 aromatic rings. The van der Waals surface area contributed by atoms with Crippen molar-refractivity contribution in [3.8, 4) is 11.9 Å². The maximum Gasteiger partial charge on any atom is 0.423 e. The molecule has 114 valence electrons. The smallest absolute Gasteiger partial charge is 0.423 e. The lowest BCUT2D eigenvalue weighted by molar-refractivity contribution is -0.139. The molecule has 0 aliphatic heterocycles. The number of nitrogens with zero attached hydrogens (tertiary/aromatic N) is 3. The molecule has 0 fully saturated rings. The highest BCUT2D eigenvalue weighted by atomic mass is 19.4. The van der Waals surface area contributed by atoms with Gasteiger partial charge in [0.05, 0.1) is 18.2 Å². The Morgan fingerprint density at radius 1 is 1.27 bits per heavy atom. The van der Waals surface area contributed by atoms with Crippen molar-refractivity contribution in [3.63, 3.8) is 0 Å². The van der Waals surface area contributed by atoms with E-state index in [1.807, 2.05) is 6.07 Å². The van der Waals surface area contributed by atoms with Crippen molar-refractivity contribution in [1.29, 1.82) is 5.26 Å². The third-order valence-corrected chi connectivity index (χ3v) is 2.61.